The lowest BCUT2D eigenvalue weighted by Gasteiger charge is -2.08. The van der Waals surface area contributed by atoms with Crippen molar-refractivity contribution in [1.82, 2.24) is 19.3 Å². The number of para-hydroxylation sites is 1. The van der Waals surface area contributed by atoms with Crippen molar-refractivity contribution in [2.75, 3.05) is 5.32 Å². The molecule has 7 nitrogen and oxygen atoms in total. The van der Waals surface area contributed by atoms with E-state index in [0.717, 1.165) is 5.69 Å². The molecule has 0 fully saturated rings. The van der Waals surface area contributed by atoms with Crippen LogP contribution in [0.1, 0.15) is 6.42 Å². The lowest BCUT2D eigenvalue weighted by atomic mass is 10.3. The second-order valence-corrected chi connectivity index (χ2v) is 7.21. The number of benzene rings is 2. The number of hydrogen-bond acceptors (Lipinski definition) is 4. The third-order valence-electron chi connectivity index (χ3n) is 4.34. The van der Waals surface area contributed by atoms with Crippen LogP contribution in [-0.4, -0.2) is 25.2 Å². The van der Waals surface area contributed by atoms with Crippen molar-refractivity contribution in [2.45, 2.75) is 13.0 Å². The van der Waals surface area contributed by atoms with E-state index in [4.69, 9.17) is 0 Å². The minimum Gasteiger partial charge on any atom is -0.324 e. The summed E-state index contributed by atoms with van der Waals surface area (Å²) in [5, 5.41) is 7.11. The van der Waals surface area contributed by atoms with Crippen LogP contribution < -0.4 is 10.9 Å². The van der Waals surface area contributed by atoms with Crippen molar-refractivity contribution in [3.8, 4) is 5.69 Å². The fourth-order valence-corrected chi connectivity index (χ4v) is 3.22. The van der Waals surface area contributed by atoms with Gasteiger partial charge in [0.15, 0.2) is 5.65 Å². The summed E-state index contributed by atoms with van der Waals surface area (Å²) in [4.78, 5) is 29.2. The van der Waals surface area contributed by atoms with Gasteiger partial charge in [0.1, 0.15) is 11.2 Å². The van der Waals surface area contributed by atoms with Gasteiger partial charge in [-0.15, -0.1) is 0 Å². The third-order valence-corrected chi connectivity index (χ3v) is 4.83. The molecule has 2 aromatic heterocycles. The van der Waals surface area contributed by atoms with Crippen molar-refractivity contribution in [3.05, 3.63) is 81.7 Å². The molecule has 9 heteroatoms. The third kappa shape index (κ3) is 3.95. The summed E-state index contributed by atoms with van der Waals surface area (Å²) in [5.74, 6) is -0.945. The number of amides is 1. The van der Waals surface area contributed by atoms with Gasteiger partial charge in [-0.05, 0) is 30.3 Å². The topological polar surface area (TPSA) is 81.8 Å². The number of fused-ring (bicyclic) bond motifs is 1. The second-order valence-electron chi connectivity index (χ2n) is 6.29. The van der Waals surface area contributed by atoms with Crippen LogP contribution in [0.15, 0.2) is 70.3 Å². The van der Waals surface area contributed by atoms with Gasteiger partial charge in [0.05, 0.1) is 23.9 Å². The highest BCUT2D eigenvalue weighted by atomic mass is 79.9. The van der Waals surface area contributed by atoms with E-state index in [-0.39, 0.29) is 24.2 Å². The first-order valence-electron chi connectivity index (χ1n) is 8.76. The standard InChI is InChI=1S/C20H15BrFN5O2/c21-13-6-7-17(16(22)10-13)25-18(28)8-9-26-12-23-19-15(20(26)29)11-24-27(19)14-4-2-1-3-5-14/h1-7,10-12H,8-9H2,(H,25,28). The Balaban J connectivity index is 1.51. The maximum atomic E-state index is 13.8. The summed E-state index contributed by atoms with van der Waals surface area (Å²) in [6.07, 6.45) is 2.85. The molecule has 4 aromatic rings. The van der Waals surface area contributed by atoms with Crippen LogP contribution in [0.2, 0.25) is 0 Å². The lowest BCUT2D eigenvalue weighted by Crippen LogP contribution is -2.23. The molecule has 1 amide bonds. The Kier molecular flexibility index (Phi) is 5.22. The van der Waals surface area contributed by atoms with Gasteiger partial charge in [0, 0.05) is 17.4 Å². The maximum absolute atomic E-state index is 13.8. The first-order chi connectivity index (χ1) is 14.0. The van der Waals surface area contributed by atoms with Crippen molar-refractivity contribution in [3.63, 3.8) is 0 Å². The predicted molar refractivity (Wildman–Crippen MR) is 110 cm³/mol. The minimum atomic E-state index is -0.540. The maximum Gasteiger partial charge on any atom is 0.264 e. The number of nitrogens with zero attached hydrogens (tertiary/aromatic N) is 4. The molecule has 2 aromatic carbocycles. The zero-order valence-corrected chi connectivity index (χ0v) is 16.6. The van der Waals surface area contributed by atoms with Gasteiger partial charge in [0.2, 0.25) is 5.91 Å². The Bertz CT molecular complexity index is 1250. The Labute approximate surface area is 172 Å². The van der Waals surface area contributed by atoms with Gasteiger partial charge in [-0.25, -0.2) is 14.1 Å². The number of nitrogens with one attached hydrogen (secondary N) is 1. The van der Waals surface area contributed by atoms with Crippen molar-refractivity contribution in [2.24, 2.45) is 0 Å². The van der Waals surface area contributed by atoms with Crippen LogP contribution in [0.5, 0.6) is 0 Å². The van der Waals surface area contributed by atoms with E-state index in [1.54, 1.807) is 10.7 Å². The molecule has 1 N–H and O–H groups in total. The zero-order chi connectivity index (χ0) is 20.4. The van der Waals surface area contributed by atoms with Gasteiger partial charge in [0.25, 0.3) is 5.56 Å². The summed E-state index contributed by atoms with van der Waals surface area (Å²) >= 11 is 3.16. The van der Waals surface area contributed by atoms with Gasteiger partial charge in [-0.1, -0.05) is 34.1 Å². The molecule has 0 atom stereocenters. The van der Waals surface area contributed by atoms with E-state index in [1.807, 2.05) is 30.3 Å². The van der Waals surface area contributed by atoms with E-state index in [0.29, 0.717) is 15.5 Å². The van der Waals surface area contributed by atoms with Crippen LogP contribution in [0.25, 0.3) is 16.7 Å². The van der Waals surface area contributed by atoms with E-state index < -0.39 is 11.7 Å². The highest BCUT2D eigenvalue weighted by Crippen LogP contribution is 2.19. The molecule has 146 valence electrons. The first kappa shape index (κ1) is 19.0. The van der Waals surface area contributed by atoms with Crippen LogP contribution in [0, 0.1) is 5.82 Å². The first-order valence-corrected chi connectivity index (χ1v) is 9.56. The van der Waals surface area contributed by atoms with E-state index >= 15 is 0 Å². The van der Waals surface area contributed by atoms with E-state index in [9.17, 15) is 14.0 Å². The Morgan fingerprint density at radius 2 is 1.97 bits per heavy atom. The summed E-state index contributed by atoms with van der Waals surface area (Å²) in [7, 11) is 0. The molecule has 2 heterocycles. The molecule has 0 saturated heterocycles. The highest BCUT2D eigenvalue weighted by Gasteiger charge is 2.13. The Morgan fingerprint density at radius 3 is 2.72 bits per heavy atom. The van der Waals surface area contributed by atoms with Gasteiger partial charge < -0.3 is 5.32 Å². The number of aryl methyl sites for hydroxylation is 1. The number of carbonyl (C=O) groups is 1. The molecule has 0 bridgehead atoms. The number of hydrogen-bond donors (Lipinski definition) is 1. The molecule has 0 aliphatic rings. The highest BCUT2D eigenvalue weighted by molar-refractivity contribution is 9.10. The molecule has 0 aliphatic carbocycles. The van der Waals surface area contributed by atoms with Crippen LogP contribution >= 0.6 is 15.9 Å². The molecular weight excluding hydrogens is 441 g/mol. The van der Waals surface area contributed by atoms with Crippen LogP contribution in [0.3, 0.4) is 0 Å². The van der Waals surface area contributed by atoms with Crippen molar-refractivity contribution in [1.29, 1.82) is 0 Å². The fraction of sp³-hybridized carbons (Fsp3) is 0.100. The lowest BCUT2D eigenvalue weighted by molar-refractivity contribution is -0.116. The summed E-state index contributed by atoms with van der Waals surface area (Å²) in [5.41, 5.74) is 1.03. The van der Waals surface area contributed by atoms with E-state index in [1.165, 1.54) is 29.2 Å². The summed E-state index contributed by atoms with van der Waals surface area (Å²) < 4.78 is 17.3. The molecule has 0 unspecified atom stereocenters. The molecule has 4 rings (SSSR count). The monoisotopic (exact) mass is 455 g/mol. The average molecular weight is 456 g/mol. The second kappa shape index (κ2) is 7.96. The number of aromatic nitrogens is 4. The SMILES string of the molecule is O=C(CCn1cnc2c(cnn2-c2ccccc2)c1=O)Nc1ccc(Br)cc1F. The number of halogens is 2. The number of carbonyl (C=O) groups excluding carboxylic acids is 1. The molecule has 29 heavy (non-hydrogen) atoms. The minimum absolute atomic E-state index is 0.00454. The van der Waals surface area contributed by atoms with Crippen LogP contribution in [-0.2, 0) is 11.3 Å². The van der Waals surface area contributed by atoms with Crippen molar-refractivity contribution >= 4 is 38.6 Å². The molecule has 0 radical (unpaired) electrons. The average Bonchev–Trinajstić information content (AvgIpc) is 3.15. The largest absolute Gasteiger partial charge is 0.324 e. The Morgan fingerprint density at radius 1 is 1.17 bits per heavy atom. The molecule has 0 spiro atoms. The Hall–Kier alpha value is -3.33. The summed E-state index contributed by atoms with van der Waals surface area (Å²) in [6.45, 7) is 0.113. The molecular formula is C20H15BrFN5O2. The normalized spacial score (nSPS) is 11.0. The quantitative estimate of drug-likeness (QED) is 0.499. The number of anilines is 1. The van der Waals surface area contributed by atoms with Gasteiger partial charge >= 0.3 is 0 Å². The van der Waals surface area contributed by atoms with Gasteiger partial charge in [-0.3, -0.25) is 14.2 Å². The van der Waals surface area contributed by atoms with Crippen LogP contribution in [0.4, 0.5) is 10.1 Å². The summed E-state index contributed by atoms with van der Waals surface area (Å²) in [6, 6.07) is 13.7. The molecule has 0 aliphatic heterocycles. The predicted octanol–water partition coefficient (Wildman–Crippen LogP) is 3.51. The van der Waals surface area contributed by atoms with Gasteiger partial charge in [-0.2, -0.15) is 5.10 Å². The fourth-order valence-electron chi connectivity index (χ4n) is 2.89. The zero-order valence-electron chi connectivity index (χ0n) is 15.0. The molecule has 0 saturated carbocycles. The smallest absolute Gasteiger partial charge is 0.264 e. The van der Waals surface area contributed by atoms with E-state index in [2.05, 4.69) is 31.3 Å². The van der Waals surface area contributed by atoms with Crippen molar-refractivity contribution < 1.29 is 9.18 Å². The number of rotatable bonds is 5.